The van der Waals surface area contributed by atoms with Crippen LogP contribution in [0.1, 0.15) is 65.4 Å². The molecule has 3 rings (SSSR count). The minimum Gasteiger partial charge on any atom is -0.497 e. The van der Waals surface area contributed by atoms with Crippen molar-refractivity contribution in [3.8, 4) is 5.75 Å². The summed E-state index contributed by atoms with van der Waals surface area (Å²) in [6, 6.07) is 10.7. The third-order valence-electron chi connectivity index (χ3n) is 5.13. The minimum atomic E-state index is -0.879. The zero-order valence-electron chi connectivity index (χ0n) is 22.8. The number of hydrogen-bond acceptors (Lipinski definition) is 5. The molecule has 38 heavy (non-hydrogen) atoms. The van der Waals surface area contributed by atoms with E-state index in [9.17, 15) is 14.4 Å². The van der Waals surface area contributed by atoms with Crippen molar-refractivity contribution in [2.75, 3.05) is 7.11 Å². The minimum absolute atomic E-state index is 0.0689. The van der Waals surface area contributed by atoms with Crippen molar-refractivity contribution in [3.05, 3.63) is 82.1 Å². The molecule has 0 radical (unpaired) electrons. The van der Waals surface area contributed by atoms with Gasteiger partial charge in [-0.1, -0.05) is 56.7 Å². The average Bonchev–Trinajstić information content (AvgIpc) is 2.89. The Balaban J connectivity index is 0.000000507. The molecule has 1 heterocycles. The van der Waals surface area contributed by atoms with E-state index in [4.69, 9.17) is 19.4 Å². The Labute approximate surface area is 223 Å². The van der Waals surface area contributed by atoms with E-state index < -0.39 is 11.9 Å². The summed E-state index contributed by atoms with van der Waals surface area (Å²) in [5, 5.41) is 18.1. The van der Waals surface area contributed by atoms with Crippen LogP contribution >= 0.6 is 0 Å². The number of carboxylic acids is 2. The summed E-state index contributed by atoms with van der Waals surface area (Å²) in [4.78, 5) is 33.4. The lowest BCUT2D eigenvalue weighted by molar-refractivity contribution is -0.137. The van der Waals surface area contributed by atoms with Gasteiger partial charge in [-0.25, -0.2) is 4.79 Å². The van der Waals surface area contributed by atoms with Crippen LogP contribution in [0.25, 0.3) is 28.0 Å². The maximum absolute atomic E-state index is 12.7. The predicted molar refractivity (Wildman–Crippen MR) is 154 cm³/mol. The summed E-state index contributed by atoms with van der Waals surface area (Å²) in [7, 11) is 1.57. The highest BCUT2D eigenvalue weighted by Crippen LogP contribution is 2.23. The quantitative estimate of drug-likeness (QED) is 0.129. The van der Waals surface area contributed by atoms with Gasteiger partial charge in [0.25, 0.3) is 0 Å². The fraction of sp³-hybridized carbons (Fsp3) is 0.323. The van der Waals surface area contributed by atoms with Crippen molar-refractivity contribution in [1.29, 1.82) is 0 Å². The van der Waals surface area contributed by atoms with Gasteiger partial charge in [0.15, 0.2) is 0 Å². The van der Waals surface area contributed by atoms with E-state index in [1.807, 2.05) is 24.3 Å². The number of rotatable bonds is 9. The first-order valence-corrected chi connectivity index (χ1v) is 12.7. The third-order valence-corrected chi connectivity index (χ3v) is 5.13. The molecule has 0 aliphatic heterocycles. The van der Waals surface area contributed by atoms with E-state index in [0.717, 1.165) is 18.4 Å². The summed E-state index contributed by atoms with van der Waals surface area (Å²) < 4.78 is 11.0. The molecule has 0 atom stereocenters. The van der Waals surface area contributed by atoms with Crippen LogP contribution in [0, 0.1) is 0 Å². The van der Waals surface area contributed by atoms with Crippen LogP contribution in [0.5, 0.6) is 5.75 Å². The van der Waals surface area contributed by atoms with Gasteiger partial charge in [0.2, 0.25) is 5.43 Å². The number of ether oxygens (including phenoxy) is 1. The molecule has 2 aromatic carbocycles. The summed E-state index contributed by atoms with van der Waals surface area (Å²) in [6.07, 6.45) is 12.5. The summed E-state index contributed by atoms with van der Waals surface area (Å²) in [6.45, 7) is 7.73. The lowest BCUT2D eigenvalue weighted by Gasteiger charge is -2.04. The first kappa shape index (κ1) is 31.9. The van der Waals surface area contributed by atoms with Crippen LogP contribution < -0.4 is 10.2 Å². The van der Waals surface area contributed by atoms with Crippen LogP contribution in [0.15, 0.2) is 75.5 Å². The van der Waals surface area contributed by atoms with Crippen LogP contribution in [0.3, 0.4) is 0 Å². The Bertz CT molecular complexity index is 1340. The number of allylic oxidation sites excluding steroid dienone is 3. The monoisotopic (exact) mass is 522 g/mol. The molecular weight excluding hydrogens is 484 g/mol. The van der Waals surface area contributed by atoms with Crippen molar-refractivity contribution in [2.45, 2.75) is 59.8 Å². The van der Waals surface area contributed by atoms with Gasteiger partial charge in [-0.05, 0) is 62.9 Å². The van der Waals surface area contributed by atoms with Gasteiger partial charge in [-0.15, -0.1) is 0 Å². The normalized spacial score (nSPS) is 11.2. The van der Waals surface area contributed by atoms with E-state index in [-0.39, 0.29) is 11.8 Å². The Hall–Kier alpha value is -4.13. The number of carbonyl (C=O) groups is 2. The Morgan fingerprint density at radius 2 is 1.68 bits per heavy atom. The van der Waals surface area contributed by atoms with Crippen LogP contribution in [0.2, 0.25) is 0 Å². The molecule has 0 amide bonds. The highest BCUT2D eigenvalue weighted by molar-refractivity contribution is 5.91. The summed E-state index contributed by atoms with van der Waals surface area (Å²) >= 11 is 0. The first-order chi connectivity index (χ1) is 18.2. The van der Waals surface area contributed by atoms with Crippen molar-refractivity contribution >= 4 is 40.0 Å². The maximum Gasteiger partial charge on any atom is 0.335 e. The zero-order chi connectivity index (χ0) is 28.5. The van der Waals surface area contributed by atoms with E-state index >= 15 is 0 Å². The predicted octanol–water partition coefficient (Wildman–Crippen LogP) is 7.62. The molecule has 3 aromatic rings. The third kappa shape index (κ3) is 10.5. The van der Waals surface area contributed by atoms with Crippen molar-refractivity contribution in [1.82, 2.24) is 0 Å². The highest BCUT2D eigenvalue weighted by Gasteiger charge is 2.09. The number of unbranched alkanes of at least 4 members (excludes halogenated alkanes) is 2. The number of benzene rings is 2. The highest BCUT2D eigenvalue weighted by atomic mass is 16.5. The fourth-order valence-corrected chi connectivity index (χ4v) is 3.31. The van der Waals surface area contributed by atoms with Gasteiger partial charge in [-0.3, -0.25) is 9.59 Å². The number of hydrogen-bond donors (Lipinski definition) is 2. The molecule has 0 spiro atoms. The largest absolute Gasteiger partial charge is 0.497 e. The molecule has 204 valence electrons. The summed E-state index contributed by atoms with van der Waals surface area (Å²) in [5.41, 5.74) is 2.21. The molecule has 0 fully saturated rings. The van der Waals surface area contributed by atoms with E-state index in [1.54, 1.807) is 63.5 Å². The number of methoxy groups -OCH3 is 1. The Kier molecular flexibility index (Phi) is 14.6. The molecule has 7 nitrogen and oxygen atoms in total. The number of aliphatic carboxylic acids is 2. The second-order valence-electron chi connectivity index (χ2n) is 8.35. The number of fused-ring (bicyclic) bond motifs is 2. The first-order valence-electron chi connectivity index (χ1n) is 12.7. The van der Waals surface area contributed by atoms with Crippen molar-refractivity contribution < 1.29 is 29.0 Å². The second kappa shape index (κ2) is 17.3. The van der Waals surface area contributed by atoms with Gasteiger partial charge in [-0.2, -0.15) is 0 Å². The van der Waals surface area contributed by atoms with Crippen molar-refractivity contribution in [3.63, 3.8) is 0 Å². The van der Waals surface area contributed by atoms with Crippen LogP contribution in [-0.4, -0.2) is 29.3 Å². The van der Waals surface area contributed by atoms with Gasteiger partial charge < -0.3 is 19.4 Å². The van der Waals surface area contributed by atoms with E-state index in [2.05, 4.69) is 13.8 Å². The second-order valence-corrected chi connectivity index (χ2v) is 8.35. The average molecular weight is 523 g/mol. The van der Waals surface area contributed by atoms with E-state index in [1.165, 1.54) is 6.42 Å². The smallest absolute Gasteiger partial charge is 0.335 e. The molecule has 0 unspecified atom stereocenters. The summed E-state index contributed by atoms with van der Waals surface area (Å²) in [5.74, 6) is -1.00. The van der Waals surface area contributed by atoms with Crippen LogP contribution in [0.4, 0.5) is 0 Å². The van der Waals surface area contributed by atoms with Gasteiger partial charge in [0.1, 0.15) is 16.9 Å². The molecule has 0 saturated heterocycles. The molecular formula is C31H38O7. The molecule has 2 N–H and O–H groups in total. The zero-order valence-corrected chi connectivity index (χ0v) is 22.8. The molecule has 0 bridgehead atoms. The lowest BCUT2D eigenvalue weighted by Crippen LogP contribution is -2.02. The van der Waals surface area contributed by atoms with Crippen LogP contribution in [-0.2, 0) is 9.59 Å². The van der Waals surface area contributed by atoms with Gasteiger partial charge in [0, 0.05) is 12.5 Å². The maximum atomic E-state index is 12.7. The van der Waals surface area contributed by atoms with Crippen molar-refractivity contribution in [2.24, 2.45) is 0 Å². The SMILES string of the molecule is C/C=C\C(=C/C)C(=O)O.CCC.COc1ccc2c(=O)c3cc(/C=C/CCCCC(=O)O)ccc3oc2c1. The van der Waals surface area contributed by atoms with Gasteiger partial charge >= 0.3 is 11.9 Å². The number of carboxylic acid groups (broad SMARTS) is 2. The Morgan fingerprint density at radius 3 is 2.24 bits per heavy atom. The van der Waals surface area contributed by atoms with E-state index in [0.29, 0.717) is 39.7 Å². The topological polar surface area (TPSA) is 114 Å². The molecule has 0 aliphatic rings. The molecule has 1 aromatic heterocycles. The molecule has 0 aliphatic carbocycles. The Morgan fingerprint density at radius 1 is 0.974 bits per heavy atom. The van der Waals surface area contributed by atoms with Gasteiger partial charge in [0.05, 0.1) is 23.5 Å². The lowest BCUT2D eigenvalue weighted by atomic mass is 10.1. The standard InChI is InChI=1S/C21H20O5.C7H10O2.C3H8/c1-25-15-9-10-16-19(13-15)26-18-11-8-14(12-17(18)21(16)24)6-4-2-3-5-7-20(22)23;1-3-5-6(4-2)7(8)9;1-3-2/h4,6,8-13H,2-3,5,7H2,1H3,(H,22,23);3-5H,1-2H3,(H,8,9);3H2,1-2H3/b6-4+;5-3-,6-4+;. The fourth-order valence-electron chi connectivity index (χ4n) is 3.31. The molecule has 0 saturated carbocycles. The molecule has 7 heteroatoms.